The lowest BCUT2D eigenvalue weighted by molar-refractivity contribution is 0.107. The summed E-state index contributed by atoms with van der Waals surface area (Å²) in [5.41, 5.74) is 4.02. The Morgan fingerprint density at radius 1 is 1.03 bits per heavy atom. The summed E-state index contributed by atoms with van der Waals surface area (Å²) in [6.45, 7) is 8.09. The summed E-state index contributed by atoms with van der Waals surface area (Å²) in [5.74, 6) is 2.25. The van der Waals surface area contributed by atoms with Crippen LogP contribution in [0.3, 0.4) is 0 Å². The molecule has 0 fully saturated rings. The number of nitrogens with one attached hydrogen (secondary N) is 2. The highest BCUT2D eigenvalue weighted by Gasteiger charge is 2.29. The number of benzene rings is 2. The van der Waals surface area contributed by atoms with E-state index in [1.165, 1.54) is 11.1 Å². The van der Waals surface area contributed by atoms with Gasteiger partial charge in [-0.05, 0) is 49.1 Å². The number of guanidine groups is 1. The molecule has 7 heteroatoms. The van der Waals surface area contributed by atoms with Crippen LogP contribution in [-0.4, -0.2) is 50.8 Å². The van der Waals surface area contributed by atoms with Crippen LogP contribution in [0.2, 0.25) is 0 Å². The summed E-state index contributed by atoms with van der Waals surface area (Å²) in [6.07, 6.45) is 1.10. The van der Waals surface area contributed by atoms with Crippen molar-refractivity contribution in [3.05, 3.63) is 59.2 Å². The SMILES string of the molecule is CN=C(NCc1ccc(OC)c(OC)c1)NCC(C)(C)N1CCc2ccccc2C1.I. The summed E-state index contributed by atoms with van der Waals surface area (Å²) < 4.78 is 10.7. The number of hydrogen-bond donors (Lipinski definition) is 2. The van der Waals surface area contributed by atoms with Gasteiger partial charge in [-0.25, -0.2) is 0 Å². The highest BCUT2D eigenvalue weighted by Crippen LogP contribution is 2.27. The van der Waals surface area contributed by atoms with Crippen LogP contribution in [0.1, 0.15) is 30.5 Å². The van der Waals surface area contributed by atoms with Crippen molar-refractivity contribution in [1.29, 1.82) is 0 Å². The van der Waals surface area contributed by atoms with Crippen molar-refractivity contribution in [1.82, 2.24) is 15.5 Å². The second-order valence-corrected chi connectivity index (χ2v) is 8.22. The van der Waals surface area contributed by atoms with Crippen LogP contribution in [0.4, 0.5) is 0 Å². The van der Waals surface area contributed by atoms with Gasteiger partial charge in [-0.2, -0.15) is 0 Å². The van der Waals surface area contributed by atoms with E-state index >= 15 is 0 Å². The predicted octanol–water partition coefficient (Wildman–Crippen LogP) is 3.82. The first kappa shape index (κ1) is 25.3. The molecule has 0 saturated heterocycles. The lowest BCUT2D eigenvalue weighted by Crippen LogP contribution is -2.54. The van der Waals surface area contributed by atoms with E-state index in [4.69, 9.17) is 9.47 Å². The van der Waals surface area contributed by atoms with Crippen LogP contribution in [0.15, 0.2) is 47.5 Å². The molecule has 0 aliphatic carbocycles. The number of fused-ring (bicyclic) bond motifs is 1. The normalized spacial score (nSPS) is 14.3. The van der Waals surface area contributed by atoms with Gasteiger partial charge < -0.3 is 20.1 Å². The van der Waals surface area contributed by atoms with Gasteiger partial charge in [0, 0.05) is 38.8 Å². The molecular formula is C24H35IN4O2. The highest BCUT2D eigenvalue weighted by atomic mass is 127. The Bertz CT molecular complexity index is 886. The molecule has 2 N–H and O–H groups in total. The van der Waals surface area contributed by atoms with Crippen molar-refractivity contribution in [2.24, 2.45) is 4.99 Å². The Balaban J connectivity index is 0.00000341. The second kappa shape index (κ2) is 11.6. The molecule has 0 radical (unpaired) electrons. The Kier molecular flexibility index (Phi) is 9.43. The second-order valence-electron chi connectivity index (χ2n) is 8.22. The Morgan fingerprint density at radius 2 is 1.74 bits per heavy atom. The van der Waals surface area contributed by atoms with Crippen molar-refractivity contribution >= 4 is 29.9 Å². The summed E-state index contributed by atoms with van der Waals surface area (Å²) >= 11 is 0. The van der Waals surface area contributed by atoms with Gasteiger partial charge in [0.1, 0.15) is 0 Å². The molecule has 31 heavy (non-hydrogen) atoms. The standard InChI is InChI=1S/C24H34N4O2.HI/c1-24(2,28-13-12-19-8-6-7-9-20(19)16-28)17-27-23(25-3)26-15-18-10-11-21(29-4)22(14-18)30-5;/h6-11,14H,12-13,15-17H2,1-5H3,(H2,25,26,27);1H. The number of hydrogen-bond acceptors (Lipinski definition) is 4. The Hall–Kier alpha value is -2.00. The molecular weight excluding hydrogens is 503 g/mol. The molecule has 2 aromatic carbocycles. The number of halogens is 1. The molecule has 0 unspecified atom stereocenters. The average Bonchev–Trinajstić information content (AvgIpc) is 2.78. The number of rotatable bonds is 7. The molecule has 0 aromatic heterocycles. The van der Waals surface area contributed by atoms with Crippen molar-refractivity contribution in [3.63, 3.8) is 0 Å². The quantitative estimate of drug-likeness (QED) is 0.319. The zero-order valence-electron chi connectivity index (χ0n) is 19.2. The van der Waals surface area contributed by atoms with Gasteiger partial charge in [-0.3, -0.25) is 9.89 Å². The average molecular weight is 538 g/mol. The maximum absolute atomic E-state index is 5.39. The number of nitrogens with zero attached hydrogens (tertiary/aromatic N) is 2. The summed E-state index contributed by atoms with van der Waals surface area (Å²) in [6, 6.07) is 14.7. The first-order chi connectivity index (χ1) is 14.5. The third kappa shape index (κ3) is 6.49. The molecule has 1 aliphatic heterocycles. The zero-order chi connectivity index (χ0) is 21.6. The lowest BCUT2D eigenvalue weighted by Gasteiger charge is -2.42. The molecule has 170 valence electrons. The van der Waals surface area contributed by atoms with Gasteiger partial charge in [0.05, 0.1) is 14.2 Å². The van der Waals surface area contributed by atoms with Crippen molar-refractivity contribution in [2.45, 2.75) is 38.9 Å². The molecule has 0 saturated carbocycles. The minimum atomic E-state index is 0. The van der Waals surface area contributed by atoms with E-state index < -0.39 is 0 Å². The van der Waals surface area contributed by atoms with Gasteiger partial charge in [-0.15, -0.1) is 24.0 Å². The van der Waals surface area contributed by atoms with Gasteiger partial charge in [0.25, 0.3) is 0 Å². The van der Waals surface area contributed by atoms with E-state index in [1.54, 1.807) is 21.3 Å². The molecule has 3 rings (SSSR count). The molecule has 0 bridgehead atoms. The van der Waals surface area contributed by atoms with Gasteiger partial charge in [-0.1, -0.05) is 30.3 Å². The molecule has 0 atom stereocenters. The van der Waals surface area contributed by atoms with E-state index in [2.05, 4.69) is 58.6 Å². The largest absolute Gasteiger partial charge is 0.493 e. The van der Waals surface area contributed by atoms with Crippen LogP contribution in [0.5, 0.6) is 11.5 Å². The van der Waals surface area contributed by atoms with Crippen molar-refractivity contribution < 1.29 is 9.47 Å². The fourth-order valence-corrected chi connectivity index (χ4v) is 3.82. The van der Waals surface area contributed by atoms with Crippen molar-refractivity contribution in [2.75, 3.05) is 34.4 Å². The molecule has 1 heterocycles. The first-order valence-electron chi connectivity index (χ1n) is 10.4. The number of methoxy groups -OCH3 is 2. The van der Waals surface area contributed by atoms with Crippen LogP contribution >= 0.6 is 24.0 Å². The Labute approximate surface area is 203 Å². The van der Waals surface area contributed by atoms with Crippen LogP contribution in [0, 0.1) is 0 Å². The van der Waals surface area contributed by atoms with E-state index in [0.29, 0.717) is 6.54 Å². The van der Waals surface area contributed by atoms with Crippen LogP contribution in [0.25, 0.3) is 0 Å². The van der Waals surface area contributed by atoms with E-state index in [9.17, 15) is 0 Å². The third-order valence-corrected chi connectivity index (χ3v) is 5.81. The van der Waals surface area contributed by atoms with E-state index in [1.807, 2.05) is 18.2 Å². The molecule has 6 nitrogen and oxygen atoms in total. The molecule has 1 aliphatic rings. The first-order valence-corrected chi connectivity index (χ1v) is 10.4. The fourth-order valence-electron chi connectivity index (χ4n) is 3.82. The monoisotopic (exact) mass is 538 g/mol. The molecule has 0 spiro atoms. The van der Waals surface area contributed by atoms with Gasteiger partial charge >= 0.3 is 0 Å². The smallest absolute Gasteiger partial charge is 0.191 e. The summed E-state index contributed by atoms with van der Waals surface area (Å²) in [7, 11) is 5.09. The lowest BCUT2D eigenvalue weighted by atomic mass is 9.94. The van der Waals surface area contributed by atoms with Crippen LogP contribution in [-0.2, 0) is 19.5 Å². The zero-order valence-corrected chi connectivity index (χ0v) is 21.5. The van der Waals surface area contributed by atoms with Gasteiger partial charge in [0.15, 0.2) is 17.5 Å². The number of aliphatic imine (C=N–C) groups is 1. The fraction of sp³-hybridized carbons (Fsp3) is 0.458. The highest BCUT2D eigenvalue weighted by molar-refractivity contribution is 14.0. The minimum absolute atomic E-state index is 0. The maximum atomic E-state index is 5.39. The van der Waals surface area contributed by atoms with Gasteiger partial charge in [0.2, 0.25) is 0 Å². The third-order valence-electron chi connectivity index (χ3n) is 5.81. The molecule has 2 aromatic rings. The number of ether oxygens (including phenoxy) is 2. The van der Waals surface area contributed by atoms with E-state index in [-0.39, 0.29) is 29.5 Å². The Morgan fingerprint density at radius 3 is 2.42 bits per heavy atom. The van der Waals surface area contributed by atoms with E-state index in [0.717, 1.165) is 49.1 Å². The molecule has 0 amide bonds. The topological polar surface area (TPSA) is 58.1 Å². The predicted molar refractivity (Wildman–Crippen MR) is 138 cm³/mol. The summed E-state index contributed by atoms with van der Waals surface area (Å²) in [4.78, 5) is 6.93. The van der Waals surface area contributed by atoms with Crippen molar-refractivity contribution in [3.8, 4) is 11.5 Å². The minimum Gasteiger partial charge on any atom is -0.493 e. The van der Waals surface area contributed by atoms with Crippen LogP contribution < -0.4 is 20.1 Å². The maximum Gasteiger partial charge on any atom is 0.191 e. The summed E-state index contributed by atoms with van der Waals surface area (Å²) in [5, 5.41) is 6.88.